The summed E-state index contributed by atoms with van der Waals surface area (Å²) >= 11 is 5.86. The Morgan fingerprint density at radius 2 is 1.89 bits per heavy atom. The first-order chi connectivity index (χ1) is 13.1. The number of carbonyl (C=O) groups excluding carboxylic acids is 1. The summed E-state index contributed by atoms with van der Waals surface area (Å²) in [6.07, 6.45) is 3.01. The molecule has 0 saturated carbocycles. The molecule has 5 nitrogen and oxygen atoms in total. The molecule has 2 aromatic carbocycles. The third-order valence-electron chi connectivity index (χ3n) is 3.58. The lowest BCUT2D eigenvalue weighted by Crippen LogP contribution is -2.18. The average Bonchev–Trinajstić information content (AvgIpc) is 2.69. The maximum absolute atomic E-state index is 12.9. The summed E-state index contributed by atoms with van der Waals surface area (Å²) in [5.74, 6) is -0.0495. The van der Waals surface area contributed by atoms with Crippen LogP contribution in [0.3, 0.4) is 0 Å². The quantitative estimate of drug-likeness (QED) is 0.394. The average molecular weight is 384 g/mol. The monoisotopic (exact) mass is 383 g/mol. The van der Waals surface area contributed by atoms with Gasteiger partial charge < -0.3 is 4.74 Å². The number of rotatable bonds is 6. The zero-order valence-electron chi connectivity index (χ0n) is 14.1. The van der Waals surface area contributed by atoms with Crippen molar-refractivity contribution in [1.82, 2.24) is 10.4 Å². The van der Waals surface area contributed by atoms with Crippen LogP contribution in [0.15, 0.2) is 72.0 Å². The van der Waals surface area contributed by atoms with Gasteiger partial charge in [-0.1, -0.05) is 23.7 Å². The van der Waals surface area contributed by atoms with Gasteiger partial charge in [0, 0.05) is 6.20 Å². The number of hydrazone groups is 1. The first-order valence-corrected chi connectivity index (χ1v) is 8.41. The lowest BCUT2D eigenvalue weighted by atomic mass is 10.2. The molecule has 0 aliphatic carbocycles. The van der Waals surface area contributed by atoms with Gasteiger partial charge in [0.1, 0.15) is 23.3 Å². The Morgan fingerprint density at radius 3 is 2.59 bits per heavy atom. The fourth-order valence-corrected chi connectivity index (χ4v) is 2.38. The van der Waals surface area contributed by atoms with Gasteiger partial charge in [0.05, 0.1) is 11.8 Å². The number of carbonyl (C=O) groups is 1. The Bertz CT molecular complexity index is 944. The number of hydrogen-bond donors (Lipinski definition) is 1. The fourth-order valence-electron chi connectivity index (χ4n) is 2.18. The van der Waals surface area contributed by atoms with Crippen molar-refractivity contribution >= 4 is 23.7 Å². The van der Waals surface area contributed by atoms with Crippen LogP contribution in [0.2, 0.25) is 5.15 Å². The minimum absolute atomic E-state index is 0.118. The topological polar surface area (TPSA) is 63.6 Å². The summed E-state index contributed by atoms with van der Waals surface area (Å²) in [6.45, 7) is 0.343. The van der Waals surface area contributed by atoms with Crippen LogP contribution in [0.25, 0.3) is 0 Å². The molecule has 0 radical (unpaired) electrons. The number of hydrogen-bond acceptors (Lipinski definition) is 4. The Hall–Kier alpha value is -3.25. The van der Waals surface area contributed by atoms with Crippen molar-refractivity contribution in [3.05, 3.63) is 94.5 Å². The van der Waals surface area contributed by atoms with Crippen LogP contribution in [0.5, 0.6) is 5.75 Å². The largest absolute Gasteiger partial charge is 0.489 e. The van der Waals surface area contributed by atoms with Crippen molar-refractivity contribution in [3.63, 3.8) is 0 Å². The molecule has 0 fully saturated rings. The molecule has 0 atom stereocenters. The summed E-state index contributed by atoms with van der Waals surface area (Å²) in [5, 5.41) is 4.02. The first kappa shape index (κ1) is 18.5. The Kier molecular flexibility index (Phi) is 6.12. The van der Waals surface area contributed by atoms with Crippen molar-refractivity contribution in [1.29, 1.82) is 0 Å². The van der Waals surface area contributed by atoms with E-state index in [0.29, 0.717) is 12.4 Å². The van der Waals surface area contributed by atoms with Crippen molar-refractivity contribution in [2.75, 3.05) is 0 Å². The molecule has 1 heterocycles. The smallest absolute Gasteiger partial charge is 0.274 e. The van der Waals surface area contributed by atoms with Crippen LogP contribution in [0, 0.1) is 5.82 Å². The van der Waals surface area contributed by atoms with Crippen LogP contribution >= 0.6 is 11.6 Å². The normalized spacial score (nSPS) is 10.7. The van der Waals surface area contributed by atoms with Crippen LogP contribution in [0.4, 0.5) is 4.39 Å². The van der Waals surface area contributed by atoms with Gasteiger partial charge >= 0.3 is 0 Å². The number of amides is 1. The maximum atomic E-state index is 12.9. The molecular weight excluding hydrogens is 369 g/mol. The van der Waals surface area contributed by atoms with Crippen molar-refractivity contribution in [2.45, 2.75) is 6.61 Å². The standard InChI is InChI=1S/C20H15ClFN3O2/c21-19-18(2-1-11-23-19)20(26)25-24-12-14-5-9-17(10-6-14)27-13-15-3-7-16(22)8-4-15/h1-12H,13H2,(H,25,26)/b24-12+. The molecule has 1 aromatic heterocycles. The minimum Gasteiger partial charge on any atom is -0.489 e. The molecule has 7 heteroatoms. The molecule has 0 spiro atoms. The summed E-state index contributed by atoms with van der Waals surface area (Å²) in [4.78, 5) is 15.8. The van der Waals surface area contributed by atoms with Crippen LogP contribution in [-0.2, 0) is 6.61 Å². The number of ether oxygens (including phenoxy) is 1. The number of pyridine rings is 1. The highest BCUT2D eigenvalue weighted by molar-refractivity contribution is 6.32. The predicted molar refractivity (Wildman–Crippen MR) is 101 cm³/mol. The van der Waals surface area contributed by atoms with Gasteiger partial charge in [0.2, 0.25) is 0 Å². The Balaban J connectivity index is 1.52. The minimum atomic E-state index is -0.441. The lowest BCUT2D eigenvalue weighted by molar-refractivity contribution is 0.0955. The molecule has 3 rings (SSSR count). The summed E-state index contributed by atoms with van der Waals surface area (Å²) in [7, 11) is 0. The number of aromatic nitrogens is 1. The van der Waals surface area contributed by atoms with Gasteiger partial charge in [-0.25, -0.2) is 14.8 Å². The van der Waals surface area contributed by atoms with E-state index >= 15 is 0 Å². The zero-order chi connectivity index (χ0) is 19.1. The van der Waals surface area contributed by atoms with E-state index in [0.717, 1.165) is 11.1 Å². The van der Waals surface area contributed by atoms with Crippen LogP contribution in [0.1, 0.15) is 21.5 Å². The van der Waals surface area contributed by atoms with E-state index in [9.17, 15) is 9.18 Å². The van der Waals surface area contributed by atoms with E-state index < -0.39 is 5.91 Å². The Morgan fingerprint density at radius 1 is 1.15 bits per heavy atom. The Labute approximate surface area is 160 Å². The highest BCUT2D eigenvalue weighted by atomic mass is 35.5. The zero-order valence-corrected chi connectivity index (χ0v) is 14.9. The lowest BCUT2D eigenvalue weighted by Gasteiger charge is -2.06. The molecule has 1 amide bonds. The number of nitrogens with one attached hydrogen (secondary N) is 1. The van der Waals surface area contributed by atoms with Gasteiger partial charge in [0.25, 0.3) is 5.91 Å². The highest BCUT2D eigenvalue weighted by Gasteiger charge is 2.09. The fraction of sp³-hybridized carbons (Fsp3) is 0.0500. The van der Waals surface area contributed by atoms with Crippen molar-refractivity contribution in [2.24, 2.45) is 5.10 Å². The van der Waals surface area contributed by atoms with E-state index in [1.165, 1.54) is 24.5 Å². The van der Waals surface area contributed by atoms with Gasteiger partial charge in [0.15, 0.2) is 0 Å². The summed E-state index contributed by atoms with van der Waals surface area (Å²) < 4.78 is 18.5. The van der Waals surface area contributed by atoms with E-state index in [1.54, 1.807) is 48.5 Å². The van der Waals surface area contributed by atoms with Crippen LogP contribution in [-0.4, -0.2) is 17.1 Å². The van der Waals surface area contributed by atoms with Gasteiger partial charge in [-0.15, -0.1) is 0 Å². The second-order valence-electron chi connectivity index (χ2n) is 5.53. The van der Waals surface area contributed by atoms with E-state index in [-0.39, 0.29) is 16.5 Å². The van der Waals surface area contributed by atoms with Gasteiger partial charge in [-0.3, -0.25) is 4.79 Å². The molecule has 3 aromatic rings. The molecule has 0 unspecified atom stereocenters. The molecule has 0 aliphatic rings. The van der Waals surface area contributed by atoms with Crippen molar-refractivity contribution < 1.29 is 13.9 Å². The number of benzene rings is 2. The SMILES string of the molecule is O=C(N/N=C/c1ccc(OCc2ccc(F)cc2)cc1)c1cccnc1Cl. The predicted octanol–water partition coefficient (Wildman–Crippen LogP) is 4.22. The number of nitrogens with zero attached hydrogens (tertiary/aromatic N) is 2. The molecule has 0 bridgehead atoms. The number of halogens is 2. The second kappa shape index (κ2) is 8.91. The molecule has 0 saturated heterocycles. The summed E-state index contributed by atoms with van der Waals surface area (Å²) in [5.41, 5.74) is 4.30. The van der Waals surface area contributed by atoms with E-state index in [1.807, 2.05) is 0 Å². The van der Waals surface area contributed by atoms with E-state index in [2.05, 4.69) is 15.5 Å². The summed E-state index contributed by atoms with van der Waals surface area (Å²) in [6, 6.07) is 16.5. The second-order valence-corrected chi connectivity index (χ2v) is 5.88. The molecule has 1 N–H and O–H groups in total. The maximum Gasteiger partial charge on any atom is 0.274 e. The third kappa shape index (κ3) is 5.36. The first-order valence-electron chi connectivity index (χ1n) is 8.03. The van der Waals surface area contributed by atoms with Gasteiger partial charge in [-0.2, -0.15) is 5.10 Å². The molecule has 27 heavy (non-hydrogen) atoms. The molecule has 0 aliphatic heterocycles. The van der Waals surface area contributed by atoms with Gasteiger partial charge in [-0.05, 0) is 59.7 Å². The molecular formula is C20H15ClFN3O2. The third-order valence-corrected chi connectivity index (χ3v) is 3.88. The van der Waals surface area contributed by atoms with E-state index in [4.69, 9.17) is 16.3 Å². The molecule has 136 valence electrons. The van der Waals surface area contributed by atoms with Crippen molar-refractivity contribution in [3.8, 4) is 5.75 Å². The van der Waals surface area contributed by atoms with Crippen LogP contribution < -0.4 is 10.2 Å². The highest BCUT2D eigenvalue weighted by Crippen LogP contribution is 2.14.